The molecular formula is C9H16O. The van der Waals surface area contributed by atoms with Gasteiger partial charge in [-0.05, 0) is 24.3 Å². The molecule has 1 N–H and O–H groups in total. The van der Waals surface area contributed by atoms with E-state index in [4.69, 9.17) is 5.11 Å². The standard InChI is InChI=1S/C9H16O/c1-8-4-2-3-5-9(8)6-7-10/h6-10H,2-5H2,1H3/b7-6+/t8?,9-/m1/s1. The van der Waals surface area contributed by atoms with Gasteiger partial charge in [0.05, 0.1) is 6.26 Å². The Balaban J connectivity index is 2.39. The maximum absolute atomic E-state index is 8.56. The van der Waals surface area contributed by atoms with Crippen LogP contribution in [0.4, 0.5) is 0 Å². The van der Waals surface area contributed by atoms with Gasteiger partial charge in [0.1, 0.15) is 0 Å². The van der Waals surface area contributed by atoms with Crippen LogP contribution in [0.1, 0.15) is 32.6 Å². The van der Waals surface area contributed by atoms with Crippen LogP contribution in [0.3, 0.4) is 0 Å². The normalized spacial score (nSPS) is 34.9. The molecule has 0 aromatic heterocycles. The van der Waals surface area contributed by atoms with E-state index in [0.717, 1.165) is 5.92 Å². The quantitative estimate of drug-likeness (QED) is 0.555. The zero-order valence-corrected chi connectivity index (χ0v) is 6.59. The van der Waals surface area contributed by atoms with Gasteiger partial charge in [0.25, 0.3) is 0 Å². The van der Waals surface area contributed by atoms with Crippen LogP contribution in [-0.2, 0) is 0 Å². The smallest absolute Gasteiger partial charge is 0.0754 e. The van der Waals surface area contributed by atoms with Crippen LogP contribution in [0, 0.1) is 11.8 Å². The summed E-state index contributed by atoms with van der Waals surface area (Å²) < 4.78 is 0. The fourth-order valence-electron chi connectivity index (χ4n) is 1.74. The molecule has 0 saturated heterocycles. The molecule has 0 amide bonds. The minimum atomic E-state index is 0.638. The van der Waals surface area contributed by atoms with Gasteiger partial charge in [0, 0.05) is 0 Å². The van der Waals surface area contributed by atoms with Crippen molar-refractivity contribution in [3.05, 3.63) is 12.3 Å². The molecule has 1 rings (SSSR count). The van der Waals surface area contributed by atoms with Crippen LogP contribution < -0.4 is 0 Å². The summed E-state index contributed by atoms with van der Waals surface area (Å²) in [5.41, 5.74) is 0. The highest BCUT2D eigenvalue weighted by Crippen LogP contribution is 2.29. The highest BCUT2D eigenvalue weighted by molar-refractivity contribution is 4.87. The summed E-state index contributed by atoms with van der Waals surface area (Å²) in [6, 6.07) is 0. The third-order valence-electron chi connectivity index (χ3n) is 2.51. The van der Waals surface area contributed by atoms with Gasteiger partial charge in [-0.1, -0.05) is 26.2 Å². The van der Waals surface area contributed by atoms with Crippen LogP contribution in [0.2, 0.25) is 0 Å². The molecule has 1 aliphatic carbocycles. The van der Waals surface area contributed by atoms with Gasteiger partial charge >= 0.3 is 0 Å². The van der Waals surface area contributed by atoms with Crippen molar-refractivity contribution in [2.75, 3.05) is 0 Å². The van der Waals surface area contributed by atoms with Gasteiger partial charge in [0.2, 0.25) is 0 Å². The molecule has 2 atom stereocenters. The lowest BCUT2D eigenvalue weighted by Gasteiger charge is -2.25. The zero-order chi connectivity index (χ0) is 7.40. The predicted octanol–water partition coefficient (Wildman–Crippen LogP) is 2.88. The third kappa shape index (κ3) is 1.76. The van der Waals surface area contributed by atoms with Crippen LogP contribution in [-0.4, -0.2) is 5.11 Å². The molecule has 1 aliphatic rings. The minimum absolute atomic E-state index is 0.638. The molecule has 0 spiro atoms. The van der Waals surface area contributed by atoms with Gasteiger partial charge < -0.3 is 5.11 Å². The molecular weight excluding hydrogens is 124 g/mol. The Morgan fingerprint density at radius 1 is 1.30 bits per heavy atom. The van der Waals surface area contributed by atoms with Crippen molar-refractivity contribution in [1.29, 1.82) is 0 Å². The average Bonchev–Trinajstić information content (AvgIpc) is 1.94. The summed E-state index contributed by atoms with van der Waals surface area (Å²) in [6.07, 6.45) is 8.43. The summed E-state index contributed by atoms with van der Waals surface area (Å²) >= 11 is 0. The van der Waals surface area contributed by atoms with Gasteiger partial charge in [0.15, 0.2) is 0 Å². The summed E-state index contributed by atoms with van der Waals surface area (Å²) in [6.45, 7) is 2.27. The topological polar surface area (TPSA) is 20.2 Å². The largest absolute Gasteiger partial charge is 0.516 e. The Bertz CT molecular complexity index is 118. The van der Waals surface area contributed by atoms with E-state index in [-0.39, 0.29) is 0 Å². The van der Waals surface area contributed by atoms with Gasteiger partial charge in [-0.2, -0.15) is 0 Å². The second-order valence-electron chi connectivity index (χ2n) is 3.27. The third-order valence-corrected chi connectivity index (χ3v) is 2.51. The first-order valence-corrected chi connectivity index (χ1v) is 4.15. The summed E-state index contributed by atoms with van der Waals surface area (Å²) in [4.78, 5) is 0. The van der Waals surface area contributed by atoms with Crippen molar-refractivity contribution in [3.8, 4) is 0 Å². The highest BCUT2D eigenvalue weighted by atomic mass is 16.2. The van der Waals surface area contributed by atoms with E-state index in [0.29, 0.717) is 5.92 Å². The Kier molecular flexibility index (Phi) is 2.79. The van der Waals surface area contributed by atoms with Crippen LogP contribution in [0.5, 0.6) is 0 Å². The number of allylic oxidation sites excluding steroid dienone is 1. The maximum atomic E-state index is 8.56. The lowest BCUT2D eigenvalue weighted by atomic mass is 9.81. The predicted molar refractivity (Wildman–Crippen MR) is 42.9 cm³/mol. The van der Waals surface area contributed by atoms with Crippen LogP contribution in [0.15, 0.2) is 12.3 Å². The van der Waals surface area contributed by atoms with E-state index in [1.165, 1.54) is 31.9 Å². The van der Waals surface area contributed by atoms with Gasteiger partial charge in [-0.15, -0.1) is 0 Å². The first-order chi connectivity index (χ1) is 4.84. The highest BCUT2D eigenvalue weighted by Gasteiger charge is 2.18. The lowest BCUT2D eigenvalue weighted by molar-refractivity contribution is 0.301. The fraction of sp³-hybridized carbons (Fsp3) is 0.778. The SMILES string of the molecule is CC1CCCC[C@@H]1/C=C/O. The number of aliphatic hydroxyl groups is 1. The molecule has 1 saturated carbocycles. The molecule has 0 aliphatic heterocycles. The number of hydrogen-bond donors (Lipinski definition) is 1. The minimum Gasteiger partial charge on any atom is -0.516 e. The van der Waals surface area contributed by atoms with Crippen molar-refractivity contribution in [2.45, 2.75) is 32.6 Å². The van der Waals surface area contributed by atoms with Gasteiger partial charge in [-0.25, -0.2) is 0 Å². The van der Waals surface area contributed by atoms with E-state index in [9.17, 15) is 0 Å². The first kappa shape index (κ1) is 7.64. The van der Waals surface area contributed by atoms with Crippen molar-refractivity contribution in [1.82, 2.24) is 0 Å². The number of aliphatic hydroxyl groups excluding tert-OH is 1. The molecule has 58 valence electrons. The molecule has 0 aromatic rings. The molecule has 1 fully saturated rings. The Morgan fingerprint density at radius 2 is 2.00 bits per heavy atom. The fourth-order valence-corrected chi connectivity index (χ4v) is 1.74. The van der Waals surface area contributed by atoms with Crippen molar-refractivity contribution < 1.29 is 5.11 Å². The Labute approximate surface area is 62.8 Å². The van der Waals surface area contributed by atoms with E-state index < -0.39 is 0 Å². The Hall–Kier alpha value is -0.460. The Morgan fingerprint density at radius 3 is 2.60 bits per heavy atom. The van der Waals surface area contributed by atoms with Crippen molar-refractivity contribution in [2.24, 2.45) is 11.8 Å². The molecule has 1 unspecified atom stereocenters. The van der Waals surface area contributed by atoms with Crippen LogP contribution >= 0.6 is 0 Å². The molecule has 0 bridgehead atoms. The van der Waals surface area contributed by atoms with E-state index >= 15 is 0 Å². The lowest BCUT2D eigenvalue weighted by Crippen LogP contribution is -2.13. The number of hydrogen-bond acceptors (Lipinski definition) is 1. The molecule has 1 heteroatoms. The molecule has 10 heavy (non-hydrogen) atoms. The monoisotopic (exact) mass is 140 g/mol. The second kappa shape index (κ2) is 3.65. The molecule has 0 heterocycles. The summed E-state index contributed by atoms with van der Waals surface area (Å²) in [7, 11) is 0. The molecule has 0 radical (unpaired) electrons. The first-order valence-electron chi connectivity index (χ1n) is 4.15. The second-order valence-corrected chi connectivity index (χ2v) is 3.27. The summed E-state index contributed by atoms with van der Waals surface area (Å²) in [5, 5.41) is 8.56. The van der Waals surface area contributed by atoms with Crippen LogP contribution in [0.25, 0.3) is 0 Å². The van der Waals surface area contributed by atoms with E-state index in [1.54, 1.807) is 0 Å². The van der Waals surface area contributed by atoms with Gasteiger partial charge in [-0.3, -0.25) is 0 Å². The van der Waals surface area contributed by atoms with Crippen molar-refractivity contribution in [3.63, 3.8) is 0 Å². The summed E-state index contributed by atoms with van der Waals surface area (Å²) in [5.74, 6) is 1.41. The zero-order valence-electron chi connectivity index (χ0n) is 6.59. The molecule has 0 aromatic carbocycles. The number of rotatable bonds is 1. The van der Waals surface area contributed by atoms with Crippen molar-refractivity contribution >= 4 is 0 Å². The van der Waals surface area contributed by atoms with E-state index in [1.807, 2.05) is 6.08 Å². The average molecular weight is 140 g/mol. The van der Waals surface area contributed by atoms with E-state index in [2.05, 4.69) is 6.92 Å². The maximum Gasteiger partial charge on any atom is 0.0754 e. The molecule has 1 nitrogen and oxygen atoms in total.